The first-order valence-corrected chi connectivity index (χ1v) is 15.2. The molecule has 0 aliphatic heterocycles. The Balaban J connectivity index is 0.000000216. The number of aliphatic hydroxyl groups excluding tert-OH is 2. The van der Waals surface area contributed by atoms with E-state index in [1.807, 2.05) is 72.8 Å². The van der Waals surface area contributed by atoms with Crippen LogP contribution in [0.15, 0.2) is 119 Å². The molecule has 6 aromatic rings. The number of hydrogen-bond donors (Lipinski definition) is 2. The van der Waals surface area contributed by atoms with Crippen molar-refractivity contribution in [3.63, 3.8) is 0 Å². The van der Waals surface area contributed by atoms with Gasteiger partial charge in [0, 0.05) is 36.3 Å². The number of rotatable bonds is 10. The van der Waals surface area contributed by atoms with Crippen molar-refractivity contribution in [2.75, 3.05) is 13.2 Å². The fourth-order valence-corrected chi connectivity index (χ4v) is 5.65. The molecule has 0 amide bonds. The number of carbonyl (C=O) groups is 2. The predicted octanol–water partition coefficient (Wildman–Crippen LogP) is 1.89. The van der Waals surface area contributed by atoms with Crippen molar-refractivity contribution in [2.24, 2.45) is 0 Å². The molecule has 0 bridgehead atoms. The summed E-state index contributed by atoms with van der Waals surface area (Å²) in [5, 5.41) is 41.4. The molecule has 2 N–H and O–H groups in total. The number of carboxylic acids is 2. The molecule has 2 aromatic heterocycles. The van der Waals surface area contributed by atoms with Crippen molar-refractivity contribution in [3.8, 4) is 0 Å². The minimum Gasteiger partial charge on any atom is -0.545 e. The Morgan fingerprint density at radius 1 is 0.551 bits per heavy atom. The molecule has 0 fully saturated rings. The van der Waals surface area contributed by atoms with Gasteiger partial charge in [-0.1, -0.05) is 72.8 Å². The topological polar surface area (TPSA) is 165 Å². The van der Waals surface area contributed by atoms with E-state index in [-0.39, 0.29) is 43.4 Å². The summed E-state index contributed by atoms with van der Waals surface area (Å²) in [6.45, 7) is 0.0939. The fourth-order valence-electron chi connectivity index (χ4n) is 5.65. The van der Waals surface area contributed by atoms with Crippen LogP contribution in [0.3, 0.4) is 0 Å². The molecule has 0 atom stereocenters. The average molecular weight is 700 g/mol. The van der Waals surface area contributed by atoms with Crippen LogP contribution in [0.2, 0.25) is 0 Å². The molecule has 0 unspecified atom stereocenters. The number of aliphatic hydroxyl groups is 2. The SMILES string of the molecule is O=C([O-])c1cn(CCO)c2ccc(Cc3ccccc3)cc2c1=O.O=C([O-])c1cn(CCO)c2ccc(Cc3ccccc3)cc2c1=O.[Mn+2]. The first-order chi connectivity index (χ1) is 23.2. The van der Waals surface area contributed by atoms with Gasteiger partial charge in [0.15, 0.2) is 10.9 Å². The van der Waals surface area contributed by atoms with E-state index in [9.17, 15) is 29.4 Å². The van der Waals surface area contributed by atoms with Crippen LogP contribution in [0.25, 0.3) is 21.8 Å². The zero-order valence-electron chi connectivity index (χ0n) is 26.3. The van der Waals surface area contributed by atoms with Crippen molar-refractivity contribution in [1.29, 1.82) is 0 Å². The molecule has 0 aliphatic rings. The molecule has 10 nitrogen and oxygen atoms in total. The quantitative estimate of drug-likeness (QED) is 0.205. The number of fused-ring (bicyclic) bond motifs is 2. The van der Waals surface area contributed by atoms with Crippen molar-refractivity contribution in [1.82, 2.24) is 9.13 Å². The molecule has 49 heavy (non-hydrogen) atoms. The molecule has 4 aromatic carbocycles. The van der Waals surface area contributed by atoms with Gasteiger partial charge in [0.2, 0.25) is 0 Å². The van der Waals surface area contributed by atoms with Crippen molar-refractivity contribution >= 4 is 33.7 Å². The summed E-state index contributed by atoms with van der Waals surface area (Å²) in [6, 6.07) is 30.4. The number of pyridine rings is 2. The first-order valence-electron chi connectivity index (χ1n) is 15.2. The maximum atomic E-state index is 12.4. The van der Waals surface area contributed by atoms with Gasteiger partial charge in [-0.3, -0.25) is 9.59 Å². The van der Waals surface area contributed by atoms with Gasteiger partial charge in [-0.25, -0.2) is 0 Å². The molecular formula is C38H32MnN2O8. The Morgan fingerprint density at radius 3 is 1.24 bits per heavy atom. The van der Waals surface area contributed by atoms with E-state index in [2.05, 4.69) is 0 Å². The van der Waals surface area contributed by atoms with Crippen molar-refractivity contribution < 1.29 is 47.1 Å². The Bertz CT molecular complexity index is 2060. The number of hydrogen-bond acceptors (Lipinski definition) is 8. The van der Waals surface area contributed by atoms with Crippen LogP contribution >= 0.6 is 0 Å². The van der Waals surface area contributed by atoms with Gasteiger partial charge in [0.25, 0.3) is 0 Å². The molecule has 6 rings (SSSR count). The third-order valence-corrected chi connectivity index (χ3v) is 7.91. The largest absolute Gasteiger partial charge is 2.00 e. The summed E-state index contributed by atoms with van der Waals surface area (Å²) >= 11 is 0. The van der Waals surface area contributed by atoms with E-state index < -0.39 is 33.9 Å². The summed E-state index contributed by atoms with van der Waals surface area (Å²) in [5.41, 5.74) is 3.30. The maximum Gasteiger partial charge on any atom is 2.00 e. The molecule has 0 saturated heterocycles. The van der Waals surface area contributed by atoms with Gasteiger partial charge >= 0.3 is 17.1 Å². The molecular weight excluding hydrogens is 667 g/mol. The number of aromatic carboxylic acids is 2. The zero-order chi connectivity index (χ0) is 34.2. The normalized spacial score (nSPS) is 10.7. The second kappa shape index (κ2) is 16.7. The third kappa shape index (κ3) is 8.59. The van der Waals surface area contributed by atoms with Crippen LogP contribution in [0.4, 0.5) is 0 Å². The Morgan fingerprint density at radius 2 is 0.918 bits per heavy atom. The standard InChI is InChI=1S/2C19H17NO4.Mn/c2*21-9-8-20-12-16(19(23)24)18(22)15-11-14(6-7-17(15)20)10-13-4-2-1-3-5-13;/h2*1-7,11-12,21H,8-10H2,(H,23,24);/q;;+2/p-2. The molecule has 2 heterocycles. The summed E-state index contributed by atoms with van der Waals surface area (Å²) in [7, 11) is 0. The summed E-state index contributed by atoms with van der Waals surface area (Å²) in [6.07, 6.45) is 3.75. The monoisotopic (exact) mass is 699 g/mol. The minimum atomic E-state index is -1.51. The smallest absolute Gasteiger partial charge is 0.545 e. The zero-order valence-corrected chi connectivity index (χ0v) is 27.4. The number of carbonyl (C=O) groups excluding carboxylic acids is 2. The predicted molar refractivity (Wildman–Crippen MR) is 178 cm³/mol. The minimum absolute atomic E-state index is 0. The second-order valence-corrected chi connectivity index (χ2v) is 11.2. The van der Waals surface area contributed by atoms with E-state index >= 15 is 0 Å². The summed E-state index contributed by atoms with van der Waals surface area (Å²) < 4.78 is 3.13. The Kier molecular flexibility index (Phi) is 12.4. The van der Waals surface area contributed by atoms with Crippen LogP contribution in [0, 0.1) is 0 Å². The van der Waals surface area contributed by atoms with Crippen LogP contribution in [0.1, 0.15) is 43.0 Å². The molecule has 0 aliphatic carbocycles. The van der Waals surface area contributed by atoms with Gasteiger partial charge in [-0.2, -0.15) is 0 Å². The van der Waals surface area contributed by atoms with Gasteiger partial charge in [0.05, 0.1) is 47.3 Å². The molecule has 0 saturated carbocycles. The molecule has 0 spiro atoms. The van der Waals surface area contributed by atoms with E-state index in [1.54, 1.807) is 33.4 Å². The van der Waals surface area contributed by atoms with Crippen LogP contribution < -0.4 is 21.1 Å². The van der Waals surface area contributed by atoms with Gasteiger partial charge in [0.1, 0.15) is 0 Å². The third-order valence-electron chi connectivity index (χ3n) is 7.91. The van der Waals surface area contributed by atoms with Crippen LogP contribution in [-0.4, -0.2) is 44.5 Å². The fraction of sp³-hybridized carbons (Fsp3) is 0.158. The molecule has 1 radical (unpaired) electrons. The van der Waals surface area contributed by atoms with E-state index in [1.165, 1.54) is 12.4 Å². The molecule has 249 valence electrons. The van der Waals surface area contributed by atoms with Crippen molar-refractivity contribution in [2.45, 2.75) is 25.9 Å². The van der Waals surface area contributed by atoms with Crippen LogP contribution in [0.5, 0.6) is 0 Å². The number of nitrogens with zero attached hydrogens (tertiary/aromatic N) is 2. The van der Waals surface area contributed by atoms with Gasteiger partial charge in [-0.05, 0) is 59.4 Å². The second-order valence-electron chi connectivity index (χ2n) is 11.2. The summed E-state index contributed by atoms with van der Waals surface area (Å²) in [5.74, 6) is -3.02. The number of benzene rings is 4. The average Bonchev–Trinajstić information content (AvgIpc) is 3.08. The van der Waals surface area contributed by atoms with Gasteiger partial charge < -0.3 is 39.1 Å². The number of aromatic nitrogens is 2. The number of carboxylic acid groups (broad SMARTS) is 2. The van der Waals surface area contributed by atoms with E-state index in [4.69, 9.17) is 10.2 Å². The Hall–Kier alpha value is -5.32. The Labute approximate surface area is 291 Å². The maximum absolute atomic E-state index is 12.4. The van der Waals surface area contributed by atoms with Crippen molar-refractivity contribution in [3.05, 3.63) is 163 Å². The molecule has 11 heteroatoms. The van der Waals surface area contributed by atoms with E-state index in [0.717, 1.165) is 22.3 Å². The van der Waals surface area contributed by atoms with E-state index in [0.29, 0.717) is 34.6 Å². The van der Waals surface area contributed by atoms with Gasteiger partial charge in [-0.15, -0.1) is 0 Å². The summed E-state index contributed by atoms with van der Waals surface area (Å²) in [4.78, 5) is 47.3. The van der Waals surface area contributed by atoms with Crippen LogP contribution in [-0.2, 0) is 43.0 Å². The first kappa shape index (κ1) is 36.5.